The van der Waals surface area contributed by atoms with Crippen molar-refractivity contribution in [2.75, 3.05) is 6.54 Å². The Hall–Kier alpha value is -1.95. The molecule has 1 unspecified atom stereocenters. The van der Waals surface area contributed by atoms with Crippen LogP contribution in [0.3, 0.4) is 0 Å². The van der Waals surface area contributed by atoms with E-state index >= 15 is 0 Å². The Morgan fingerprint density at radius 2 is 2.22 bits per heavy atom. The van der Waals surface area contributed by atoms with E-state index < -0.39 is 12.0 Å². The summed E-state index contributed by atoms with van der Waals surface area (Å²) >= 11 is 0. The summed E-state index contributed by atoms with van der Waals surface area (Å²) in [7, 11) is 0. The van der Waals surface area contributed by atoms with Gasteiger partial charge in [0.1, 0.15) is 6.04 Å². The average Bonchev–Trinajstić information content (AvgIpc) is 2.38. The Kier molecular flexibility index (Phi) is 5.79. The number of nitrogens with two attached hydrogens (primary N) is 1. The van der Waals surface area contributed by atoms with Gasteiger partial charge in [-0.3, -0.25) is 14.6 Å². The van der Waals surface area contributed by atoms with Crippen LogP contribution in [0, 0.1) is 0 Å². The third-order valence-electron chi connectivity index (χ3n) is 2.47. The minimum atomic E-state index is -0.991. The topological polar surface area (TPSA) is 105 Å². The van der Waals surface area contributed by atoms with Gasteiger partial charge in [0, 0.05) is 18.9 Å². The van der Waals surface area contributed by atoms with E-state index in [1.807, 2.05) is 0 Å². The summed E-state index contributed by atoms with van der Waals surface area (Å²) in [6.45, 7) is 0.500. The van der Waals surface area contributed by atoms with Crippen molar-refractivity contribution in [2.45, 2.75) is 25.3 Å². The van der Waals surface area contributed by atoms with Crippen molar-refractivity contribution in [3.63, 3.8) is 0 Å². The zero-order valence-corrected chi connectivity index (χ0v) is 10.0. The lowest BCUT2D eigenvalue weighted by atomic mass is 10.1. The molecule has 0 fully saturated rings. The third kappa shape index (κ3) is 4.92. The van der Waals surface area contributed by atoms with Gasteiger partial charge in [-0.1, -0.05) is 0 Å². The Labute approximate surface area is 105 Å². The third-order valence-corrected chi connectivity index (χ3v) is 2.47. The zero-order valence-electron chi connectivity index (χ0n) is 10.0. The predicted octanol–water partition coefficient (Wildman–Crippen LogP) is 0.394. The molecule has 0 aliphatic carbocycles. The van der Waals surface area contributed by atoms with E-state index in [0.29, 0.717) is 31.4 Å². The number of carboxylic acid groups (broad SMARTS) is 1. The van der Waals surface area contributed by atoms with Crippen LogP contribution in [-0.2, 0) is 4.79 Å². The maximum absolute atomic E-state index is 11.6. The number of aromatic nitrogens is 1. The molecule has 0 bridgehead atoms. The second-order valence-electron chi connectivity index (χ2n) is 3.94. The van der Waals surface area contributed by atoms with E-state index in [1.165, 1.54) is 6.20 Å². The second kappa shape index (κ2) is 7.39. The molecule has 1 atom stereocenters. The number of nitrogens with one attached hydrogen (secondary N) is 1. The Morgan fingerprint density at radius 3 is 2.83 bits per heavy atom. The summed E-state index contributed by atoms with van der Waals surface area (Å²) in [5, 5.41) is 11.3. The first-order valence-electron chi connectivity index (χ1n) is 5.78. The molecule has 0 aliphatic rings. The lowest BCUT2D eigenvalue weighted by Crippen LogP contribution is -2.30. The van der Waals surface area contributed by atoms with Gasteiger partial charge in [-0.25, -0.2) is 0 Å². The second-order valence-corrected chi connectivity index (χ2v) is 3.94. The first-order chi connectivity index (χ1) is 8.61. The molecule has 6 nitrogen and oxygen atoms in total. The van der Waals surface area contributed by atoms with E-state index in [0.717, 1.165) is 0 Å². The van der Waals surface area contributed by atoms with Crippen molar-refractivity contribution < 1.29 is 14.7 Å². The summed E-state index contributed by atoms with van der Waals surface area (Å²) in [4.78, 5) is 25.9. The monoisotopic (exact) mass is 251 g/mol. The van der Waals surface area contributed by atoms with E-state index in [9.17, 15) is 9.59 Å². The highest BCUT2D eigenvalue weighted by Crippen LogP contribution is 1.99. The van der Waals surface area contributed by atoms with Crippen LogP contribution in [0.2, 0.25) is 0 Å². The van der Waals surface area contributed by atoms with Crippen molar-refractivity contribution in [1.82, 2.24) is 10.3 Å². The van der Waals surface area contributed by atoms with E-state index in [2.05, 4.69) is 10.3 Å². The Morgan fingerprint density at radius 1 is 1.44 bits per heavy atom. The molecule has 1 rings (SSSR count). The van der Waals surface area contributed by atoms with Gasteiger partial charge in [0.2, 0.25) is 0 Å². The molecule has 0 radical (unpaired) electrons. The number of aliphatic carboxylic acids is 1. The molecule has 18 heavy (non-hydrogen) atoms. The van der Waals surface area contributed by atoms with Gasteiger partial charge in [-0.2, -0.15) is 0 Å². The van der Waals surface area contributed by atoms with Gasteiger partial charge in [-0.15, -0.1) is 0 Å². The number of rotatable bonds is 7. The number of nitrogens with zero attached hydrogens (tertiary/aromatic N) is 1. The normalized spacial score (nSPS) is 11.8. The number of carboxylic acids is 1. The van der Waals surface area contributed by atoms with Crippen LogP contribution in [0.25, 0.3) is 0 Å². The van der Waals surface area contributed by atoms with Crippen molar-refractivity contribution in [3.8, 4) is 0 Å². The van der Waals surface area contributed by atoms with E-state index in [1.54, 1.807) is 18.3 Å². The number of carbonyl (C=O) groups excluding carboxylic acids is 1. The molecule has 1 amide bonds. The van der Waals surface area contributed by atoms with E-state index in [4.69, 9.17) is 10.8 Å². The molecule has 0 saturated heterocycles. The number of hydrogen-bond acceptors (Lipinski definition) is 4. The maximum Gasteiger partial charge on any atom is 0.320 e. The molecule has 1 heterocycles. The molecular formula is C12H17N3O3. The smallest absolute Gasteiger partial charge is 0.320 e. The van der Waals surface area contributed by atoms with Crippen molar-refractivity contribution >= 4 is 11.9 Å². The van der Waals surface area contributed by atoms with Gasteiger partial charge >= 0.3 is 5.97 Å². The molecule has 0 spiro atoms. The zero-order chi connectivity index (χ0) is 13.4. The van der Waals surface area contributed by atoms with E-state index in [-0.39, 0.29) is 5.91 Å². The highest BCUT2D eigenvalue weighted by Gasteiger charge is 2.10. The lowest BCUT2D eigenvalue weighted by molar-refractivity contribution is -0.138. The summed E-state index contributed by atoms with van der Waals surface area (Å²) in [5.74, 6) is -1.17. The quantitative estimate of drug-likeness (QED) is 0.608. The number of hydrogen-bond donors (Lipinski definition) is 3. The number of carbonyl (C=O) groups is 2. The molecule has 1 aromatic heterocycles. The summed E-state index contributed by atoms with van der Waals surface area (Å²) in [6.07, 6.45) is 4.88. The Bertz CT molecular complexity index is 395. The summed E-state index contributed by atoms with van der Waals surface area (Å²) in [5.41, 5.74) is 5.87. The fourth-order valence-electron chi connectivity index (χ4n) is 1.41. The van der Waals surface area contributed by atoms with Gasteiger partial charge in [-0.05, 0) is 31.4 Å². The molecule has 98 valence electrons. The molecule has 1 aromatic rings. The summed E-state index contributed by atoms with van der Waals surface area (Å²) < 4.78 is 0. The maximum atomic E-state index is 11.6. The van der Waals surface area contributed by atoms with Crippen LogP contribution in [0.4, 0.5) is 0 Å². The van der Waals surface area contributed by atoms with Crippen LogP contribution in [0.5, 0.6) is 0 Å². The lowest BCUT2D eigenvalue weighted by Gasteiger charge is -2.07. The van der Waals surface area contributed by atoms with Crippen LogP contribution in [0.15, 0.2) is 24.5 Å². The largest absolute Gasteiger partial charge is 0.480 e. The molecule has 4 N–H and O–H groups in total. The van der Waals surface area contributed by atoms with Gasteiger partial charge in [0.25, 0.3) is 5.91 Å². The predicted molar refractivity (Wildman–Crippen MR) is 66.0 cm³/mol. The van der Waals surface area contributed by atoms with Gasteiger partial charge in [0.05, 0.1) is 5.56 Å². The highest BCUT2D eigenvalue weighted by atomic mass is 16.4. The average molecular weight is 251 g/mol. The fraction of sp³-hybridized carbons (Fsp3) is 0.417. The fourth-order valence-corrected chi connectivity index (χ4v) is 1.41. The minimum Gasteiger partial charge on any atom is -0.480 e. The first kappa shape index (κ1) is 14.1. The van der Waals surface area contributed by atoms with Crippen LogP contribution < -0.4 is 11.1 Å². The molecule has 6 heteroatoms. The standard InChI is InChI=1S/C12H17N3O3/c13-10(12(17)18)5-1-2-7-15-11(16)9-4-3-6-14-8-9/h3-4,6,8,10H,1-2,5,7,13H2,(H,15,16)(H,17,18). The van der Waals surface area contributed by atoms with Crippen molar-refractivity contribution in [2.24, 2.45) is 5.73 Å². The summed E-state index contributed by atoms with van der Waals surface area (Å²) in [6, 6.07) is 2.56. The highest BCUT2D eigenvalue weighted by molar-refractivity contribution is 5.93. The van der Waals surface area contributed by atoms with Gasteiger partial charge in [0.15, 0.2) is 0 Å². The van der Waals surface area contributed by atoms with Crippen molar-refractivity contribution in [1.29, 1.82) is 0 Å². The van der Waals surface area contributed by atoms with Gasteiger partial charge < -0.3 is 16.2 Å². The minimum absolute atomic E-state index is 0.175. The van der Waals surface area contributed by atoms with Crippen LogP contribution >= 0.6 is 0 Å². The molecular weight excluding hydrogens is 234 g/mol. The Balaban J connectivity index is 2.15. The molecule has 0 saturated carbocycles. The first-order valence-corrected chi connectivity index (χ1v) is 5.78. The van der Waals surface area contributed by atoms with Crippen molar-refractivity contribution in [3.05, 3.63) is 30.1 Å². The number of unbranched alkanes of at least 4 members (excludes halogenated alkanes) is 1. The SMILES string of the molecule is NC(CCCCNC(=O)c1cccnc1)C(=O)O. The molecule has 0 aromatic carbocycles. The van der Waals surface area contributed by atoms with Crippen LogP contribution in [-0.4, -0.2) is 34.6 Å². The molecule has 0 aliphatic heterocycles. The van der Waals surface area contributed by atoms with Crippen LogP contribution in [0.1, 0.15) is 29.6 Å². The number of amides is 1. The number of pyridine rings is 1.